The van der Waals surface area contributed by atoms with Gasteiger partial charge in [0, 0.05) is 18.8 Å². The predicted molar refractivity (Wildman–Crippen MR) is 63.5 cm³/mol. The van der Waals surface area contributed by atoms with Gasteiger partial charge in [-0.25, -0.2) is 4.39 Å². The Labute approximate surface area is 95.7 Å². The van der Waals surface area contributed by atoms with Gasteiger partial charge in [-0.1, -0.05) is 6.92 Å². The van der Waals surface area contributed by atoms with Crippen LogP contribution in [0.3, 0.4) is 0 Å². The Kier molecular flexibility index (Phi) is 5.22. The monoisotopic (exact) mass is 226 g/mol. The van der Waals surface area contributed by atoms with Crippen LogP contribution in [0.4, 0.5) is 10.1 Å². The van der Waals surface area contributed by atoms with E-state index < -0.39 is 0 Å². The maximum absolute atomic E-state index is 13.1. The standard InChI is InChI=1S/C12H19FN2O/c1-2-3-15(4-5-16)9-10-6-11(13)8-12(14)7-10/h6-8,16H,2-5,9,14H2,1H3. The number of hydrogen-bond donors (Lipinski definition) is 2. The minimum atomic E-state index is -0.310. The molecule has 16 heavy (non-hydrogen) atoms. The highest BCUT2D eigenvalue weighted by molar-refractivity contribution is 5.41. The van der Waals surface area contributed by atoms with Crippen LogP contribution in [0.2, 0.25) is 0 Å². The molecule has 3 nitrogen and oxygen atoms in total. The van der Waals surface area contributed by atoms with Gasteiger partial charge in [0.1, 0.15) is 5.82 Å². The molecule has 0 aliphatic heterocycles. The summed E-state index contributed by atoms with van der Waals surface area (Å²) in [5.41, 5.74) is 6.86. The lowest BCUT2D eigenvalue weighted by atomic mass is 10.2. The smallest absolute Gasteiger partial charge is 0.125 e. The molecule has 0 aromatic heterocycles. The molecule has 1 rings (SSSR count). The zero-order chi connectivity index (χ0) is 12.0. The first-order chi connectivity index (χ1) is 7.65. The normalized spacial score (nSPS) is 11.0. The Morgan fingerprint density at radius 2 is 2.06 bits per heavy atom. The second kappa shape index (κ2) is 6.45. The largest absolute Gasteiger partial charge is 0.399 e. The molecule has 0 atom stereocenters. The summed E-state index contributed by atoms with van der Waals surface area (Å²) in [6.45, 7) is 4.30. The Morgan fingerprint density at radius 3 is 2.62 bits per heavy atom. The Bertz CT molecular complexity index is 305. The van der Waals surface area contributed by atoms with Gasteiger partial charge in [0.2, 0.25) is 0 Å². The zero-order valence-electron chi connectivity index (χ0n) is 9.62. The highest BCUT2D eigenvalue weighted by Crippen LogP contribution is 2.13. The van der Waals surface area contributed by atoms with E-state index in [0.717, 1.165) is 18.5 Å². The van der Waals surface area contributed by atoms with Crippen molar-refractivity contribution in [1.29, 1.82) is 0 Å². The molecule has 1 aromatic carbocycles. The van der Waals surface area contributed by atoms with Crippen molar-refractivity contribution in [2.75, 3.05) is 25.4 Å². The first-order valence-electron chi connectivity index (χ1n) is 5.54. The van der Waals surface area contributed by atoms with E-state index in [4.69, 9.17) is 10.8 Å². The van der Waals surface area contributed by atoms with Gasteiger partial charge in [-0.15, -0.1) is 0 Å². The van der Waals surface area contributed by atoms with Gasteiger partial charge in [0.15, 0.2) is 0 Å². The molecular formula is C12H19FN2O. The van der Waals surface area contributed by atoms with Crippen LogP contribution in [0.15, 0.2) is 18.2 Å². The number of hydrogen-bond acceptors (Lipinski definition) is 3. The molecule has 0 radical (unpaired) electrons. The van der Waals surface area contributed by atoms with Crippen LogP contribution in [-0.4, -0.2) is 29.7 Å². The third kappa shape index (κ3) is 4.16. The number of benzene rings is 1. The number of aliphatic hydroxyl groups excluding tert-OH is 1. The van der Waals surface area contributed by atoms with Crippen molar-refractivity contribution in [1.82, 2.24) is 4.90 Å². The topological polar surface area (TPSA) is 49.5 Å². The molecule has 0 saturated carbocycles. The van der Waals surface area contributed by atoms with Crippen LogP contribution in [-0.2, 0) is 6.54 Å². The fourth-order valence-electron chi connectivity index (χ4n) is 1.75. The van der Waals surface area contributed by atoms with Crippen molar-refractivity contribution in [3.05, 3.63) is 29.6 Å². The first-order valence-corrected chi connectivity index (χ1v) is 5.54. The Balaban J connectivity index is 2.68. The molecule has 0 bridgehead atoms. The van der Waals surface area contributed by atoms with E-state index in [1.165, 1.54) is 12.1 Å². The summed E-state index contributed by atoms with van der Waals surface area (Å²) in [4.78, 5) is 2.08. The second-order valence-corrected chi connectivity index (χ2v) is 3.89. The van der Waals surface area contributed by atoms with E-state index in [1.807, 2.05) is 0 Å². The minimum absolute atomic E-state index is 0.116. The summed E-state index contributed by atoms with van der Waals surface area (Å²) >= 11 is 0. The predicted octanol–water partition coefficient (Wildman–Crippen LogP) is 1.61. The molecule has 0 spiro atoms. The molecule has 90 valence electrons. The number of anilines is 1. The van der Waals surface area contributed by atoms with Crippen LogP contribution in [0.25, 0.3) is 0 Å². The van der Waals surface area contributed by atoms with Crippen molar-refractivity contribution in [2.45, 2.75) is 19.9 Å². The van der Waals surface area contributed by atoms with Crippen LogP contribution < -0.4 is 5.73 Å². The fourth-order valence-corrected chi connectivity index (χ4v) is 1.75. The maximum Gasteiger partial charge on any atom is 0.125 e. The van der Waals surface area contributed by atoms with Gasteiger partial charge in [-0.3, -0.25) is 4.90 Å². The molecule has 3 N–H and O–H groups in total. The van der Waals surface area contributed by atoms with Crippen LogP contribution >= 0.6 is 0 Å². The van der Waals surface area contributed by atoms with Gasteiger partial charge < -0.3 is 10.8 Å². The van der Waals surface area contributed by atoms with Gasteiger partial charge in [0.05, 0.1) is 6.61 Å². The summed E-state index contributed by atoms with van der Waals surface area (Å²) < 4.78 is 13.1. The van der Waals surface area contributed by atoms with E-state index in [-0.39, 0.29) is 12.4 Å². The number of halogens is 1. The highest BCUT2D eigenvalue weighted by atomic mass is 19.1. The summed E-state index contributed by atoms with van der Waals surface area (Å²) in [5.74, 6) is -0.310. The lowest BCUT2D eigenvalue weighted by Crippen LogP contribution is -2.27. The van der Waals surface area contributed by atoms with Gasteiger partial charge in [-0.05, 0) is 36.7 Å². The van der Waals surface area contributed by atoms with Crippen LogP contribution in [0.5, 0.6) is 0 Å². The lowest BCUT2D eigenvalue weighted by molar-refractivity contribution is 0.190. The number of aliphatic hydroxyl groups is 1. The molecule has 1 aromatic rings. The average molecular weight is 226 g/mol. The number of nitrogens with two attached hydrogens (primary N) is 1. The zero-order valence-corrected chi connectivity index (χ0v) is 9.62. The van der Waals surface area contributed by atoms with Gasteiger partial charge >= 0.3 is 0 Å². The average Bonchev–Trinajstić information content (AvgIpc) is 2.16. The van der Waals surface area contributed by atoms with E-state index >= 15 is 0 Å². The van der Waals surface area contributed by atoms with Crippen molar-refractivity contribution in [3.63, 3.8) is 0 Å². The molecule has 4 heteroatoms. The Morgan fingerprint density at radius 1 is 1.31 bits per heavy atom. The third-order valence-corrected chi connectivity index (χ3v) is 2.34. The molecule has 0 aliphatic carbocycles. The molecule has 0 saturated heterocycles. The summed E-state index contributed by atoms with van der Waals surface area (Å²) in [6, 6.07) is 4.55. The van der Waals surface area contributed by atoms with Crippen molar-refractivity contribution >= 4 is 5.69 Å². The molecule has 0 unspecified atom stereocenters. The van der Waals surface area contributed by atoms with Gasteiger partial charge in [-0.2, -0.15) is 0 Å². The molecule has 0 fully saturated rings. The quantitative estimate of drug-likeness (QED) is 0.725. The van der Waals surface area contributed by atoms with Crippen molar-refractivity contribution in [2.24, 2.45) is 0 Å². The number of rotatable bonds is 6. The summed E-state index contributed by atoms with van der Waals surface area (Å²) in [7, 11) is 0. The van der Waals surface area contributed by atoms with Crippen molar-refractivity contribution in [3.8, 4) is 0 Å². The number of nitrogens with zero attached hydrogens (tertiary/aromatic N) is 1. The third-order valence-electron chi connectivity index (χ3n) is 2.34. The first kappa shape index (κ1) is 12.9. The van der Waals surface area contributed by atoms with E-state index in [9.17, 15) is 4.39 Å². The van der Waals surface area contributed by atoms with E-state index in [0.29, 0.717) is 18.8 Å². The molecular weight excluding hydrogens is 207 g/mol. The van der Waals surface area contributed by atoms with Crippen molar-refractivity contribution < 1.29 is 9.50 Å². The maximum atomic E-state index is 13.1. The van der Waals surface area contributed by atoms with Crippen LogP contribution in [0.1, 0.15) is 18.9 Å². The molecule has 0 amide bonds. The lowest BCUT2D eigenvalue weighted by Gasteiger charge is -2.20. The molecule has 0 heterocycles. The summed E-state index contributed by atoms with van der Waals surface area (Å²) in [6.07, 6.45) is 1.00. The minimum Gasteiger partial charge on any atom is -0.399 e. The second-order valence-electron chi connectivity index (χ2n) is 3.89. The van der Waals surface area contributed by atoms with Crippen LogP contribution in [0, 0.1) is 5.82 Å². The number of nitrogen functional groups attached to an aromatic ring is 1. The SMILES string of the molecule is CCCN(CCO)Cc1cc(N)cc(F)c1. The van der Waals surface area contributed by atoms with E-state index in [1.54, 1.807) is 6.07 Å². The fraction of sp³-hybridized carbons (Fsp3) is 0.500. The molecule has 0 aliphatic rings. The highest BCUT2D eigenvalue weighted by Gasteiger charge is 2.06. The van der Waals surface area contributed by atoms with Gasteiger partial charge in [0.25, 0.3) is 0 Å². The summed E-state index contributed by atoms with van der Waals surface area (Å²) in [5, 5.41) is 8.91. The Hall–Kier alpha value is -1.13. The van der Waals surface area contributed by atoms with E-state index in [2.05, 4.69) is 11.8 Å².